The van der Waals surface area contributed by atoms with E-state index in [1.54, 1.807) is 7.11 Å². The molecule has 0 spiro atoms. The molecule has 3 heteroatoms. The molecular weight excluding hydrogens is 132 g/mol. The fourth-order valence-electron chi connectivity index (χ4n) is 0.647. The van der Waals surface area contributed by atoms with Gasteiger partial charge >= 0.3 is 0 Å². The molecule has 0 aliphatic heterocycles. The van der Waals surface area contributed by atoms with E-state index in [2.05, 4.69) is 4.74 Å². The Morgan fingerprint density at radius 2 is 2.00 bits per heavy atom. The highest BCUT2D eigenvalue weighted by molar-refractivity contribution is 5.79. The molecule has 0 fully saturated rings. The Morgan fingerprint density at radius 3 is 2.50 bits per heavy atom. The maximum absolute atomic E-state index is 10.7. The zero-order valence-corrected chi connectivity index (χ0v) is 6.55. The molecule has 0 aliphatic carbocycles. The van der Waals surface area contributed by atoms with Gasteiger partial charge in [-0.3, -0.25) is 4.79 Å². The van der Waals surface area contributed by atoms with Gasteiger partial charge in [-0.1, -0.05) is 0 Å². The van der Waals surface area contributed by atoms with Crippen molar-refractivity contribution in [1.82, 2.24) is 0 Å². The van der Waals surface area contributed by atoms with E-state index in [0.717, 1.165) is 6.42 Å². The highest BCUT2D eigenvalue weighted by Crippen LogP contribution is 1.90. The van der Waals surface area contributed by atoms with E-state index < -0.39 is 0 Å². The molecule has 0 aromatic heterocycles. The van der Waals surface area contributed by atoms with Crippen LogP contribution in [0.1, 0.15) is 12.8 Å². The zero-order valence-electron chi connectivity index (χ0n) is 6.55. The number of hydrogen-bond acceptors (Lipinski definition) is 3. The number of Topliss-reactive ketones (excluding diaryl/α,β-unsaturated/α-hetero) is 1. The van der Waals surface area contributed by atoms with E-state index in [1.165, 1.54) is 7.11 Å². The van der Waals surface area contributed by atoms with Crippen molar-refractivity contribution < 1.29 is 14.3 Å². The third kappa shape index (κ3) is 5.72. The quantitative estimate of drug-likeness (QED) is 0.515. The average Bonchev–Trinajstić information content (AvgIpc) is 1.89. The van der Waals surface area contributed by atoms with Gasteiger partial charge in [-0.2, -0.15) is 0 Å². The van der Waals surface area contributed by atoms with Crippen molar-refractivity contribution in [3.63, 3.8) is 0 Å². The molecule has 0 bridgehead atoms. The van der Waals surface area contributed by atoms with Crippen LogP contribution in [0, 0.1) is 0 Å². The van der Waals surface area contributed by atoms with Crippen molar-refractivity contribution in [3.8, 4) is 0 Å². The summed E-state index contributed by atoms with van der Waals surface area (Å²) in [5.41, 5.74) is 0. The van der Waals surface area contributed by atoms with Crippen molar-refractivity contribution in [3.05, 3.63) is 0 Å². The van der Waals surface area contributed by atoms with Crippen LogP contribution in [0.3, 0.4) is 0 Å². The van der Waals surface area contributed by atoms with Crippen molar-refractivity contribution in [1.29, 1.82) is 0 Å². The second-order valence-electron chi connectivity index (χ2n) is 2.07. The van der Waals surface area contributed by atoms with Gasteiger partial charge in [-0.25, -0.2) is 0 Å². The standard InChI is InChI=1S/C7H14O3/c1-9-5-3-4-7(8)6-10-2/h3-6H2,1-2H3. The van der Waals surface area contributed by atoms with Gasteiger partial charge in [-0.05, 0) is 6.42 Å². The fraction of sp³-hybridized carbons (Fsp3) is 0.857. The van der Waals surface area contributed by atoms with Gasteiger partial charge in [-0.15, -0.1) is 0 Å². The van der Waals surface area contributed by atoms with Gasteiger partial charge in [0.1, 0.15) is 6.61 Å². The van der Waals surface area contributed by atoms with Crippen LogP contribution in [0.4, 0.5) is 0 Å². The highest BCUT2D eigenvalue weighted by Gasteiger charge is 1.98. The summed E-state index contributed by atoms with van der Waals surface area (Å²) < 4.78 is 9.42. The number of carbonyl (C=O) groups excluding carboxylic acids is 1. The van der Waals surface area contributed by atoms with Crippen molar-refractivity contribution in [2.45, 2.75) is 12.8 Å². The predicted molar refractivity (Wildman–Crippen MR) is 38.0 cm³/mol. The lowest BCUT2D eigenvalue weighted by atomic mass is 10.2. The van der Waals surface area contributed by atoms with E-state index >= 15 is 0 Å². The van der Waals surface area contributed by atoms with Crippen LogP contribution in [0.15, 0.2) is 0 Å². The van der Waals surface area contributed by atoms with E-state index in [1.807, 2.05) is 0 Å². The minimum atomic E-state index is 0.138. The van der Waals surface area contributed by atoms with Gasteiger partial charge in [0.25, 0.3) is 0 Å². The molecule has 3 nitrogen and oxygen atoms in total. The Labute approximate surface area is 61.3 Å². The smallest absolute Gasteiger partial charge is 0.158 e. The van der Waals surface area contributed by atoms with Gasteiger partial charge in [0, 0.05) is 27.2 Å². The summed E-state index contributed by atoms with van der Waals surface area (Å²) in [6.07, 6.45) is 1.35. The molecule has 0 amide bonds. The van der Waals surface area contributed by atoms with E-state index in [-0.39, 0.29) is 12.4 Å². The molecule has 0 saturated carbocycles. The van der Waals surface area contributed by atoms with Crippen LogP contribution in [0.5, 0.6) is 0 Å². The van der Waals surface area contributed by atoms with Crippen molar-refractivity contribution in [2.24, 2.45) is 0 Å². The van der Waals surface area contributed by atoms with Crippen LogP contribution in [-0.4, -0.2) is 33.2 Å². The second-order valence-corrected chi connectivity index (χ2v) is 2.07. The minimum Gasteiger partial charge on any atom is -0.385 e. The summed E-state index contributed by atoms with van der Waals surface area (Å²) in [5, 5.41) is 0. The normalized spacial score (nSPS) is 9.80. The number of hydrogen-bond donors (Lipinski definition) is 0. The molecule has 0 aromatic carbocycles. The molecule has 0 N–H and O–H groups in total. The van der Waals surface area contributed by atoms with Gasteiger partial charge in [0.15, 0.2) is 5.78 Å². The number of rotatable bonds is 6. The molecule has 10 heavy (non-hydrogen) atoms. The number of methoxy groups -OCH3 is 2. The summed E-state index contributed by atoms with van der Waals surface area (Å²) in [7, 11) is 3.15. The zero-order chi connectivity index (χ0) is 7.82. The molecule has 0 rings (SSSR count). The van der Waals surface area contributed by atoms with E-state index in [9.17, 15) is 4.79 Å². The predicted octanol–water partition coefficient (Wildman–Crippen LogP) is 0.629. The molecule has 0 aromatic rings. The molecule has 0 unspecified atom stereocenters. The summed E-state index contributed by atoms with van der Waals surface area (Å²) in [5.74, 6) is 0.138. The topological polar surface area (TPSA) is 35.5 Å². The lowest BCUT2D eigenvalue weighted by Crippen LogP contribution is -2.07. The molecule has 0 saturated heterocycles. The first-order valence-electron chi connectivity index (χ1n) is 3.31. The van der Waals surface area contributed by atoms with Gasteiger partial charge in [0.05, 0.1) is 0 Å². The van der Waals surface area contributed by atoms with Gasteiger partial charge in [0.2, 0.25) is 0 Å². The summed E-state index contributed by atoms with van der Waals surface area (Å²) in [4.78, 5) is 10.7. The Bertz CT molecular complexity index is 90.9. The summed E-state index contributed by atoms with van der Waals surface area (Å²) in [6, 6.07) is 0. The monoisotopic (exact) mass is 146 g/mol. The molecular formula is C7H14O3. The van der Waals surface area contributed by atoms with Crippen LogP contribution in [0.25, 0.3) is 0 Å². The van der Waals surface area contributed by atoms with Crippen molar-refractivity contribution >= 4 is 5.78 Å². The lowest BCUT2D eigenvalue weighted by molar-refractivity contribution is -0.122. The SMILES string of the molecule is COCCCC(=O)COC. The first kappa shape index (κ1) is 9.59. The van der Waals surface area contributed by atoms with E-state index in [4.69, 9.17) is 4.74 Å². The van der Waals surface area contributed by atoms with Crippen LogP contribution >= 0.6 is 0 Å². The minimum absolute atomic E-state index is 0.138. The number of carbonyl (C=O) groups is 1. The molecule has 0 aliphatic rings. The maximum Gasteiger partial charge on any atom is 0.158 e. The fourth-order valence-corrected chi connectivity index (χ4v) is 0.647. The number of ketones is 1. The van der Waals surface area contributed by atoms with Gasteiger partial charge < -0.3 is 9.47 Å². The highest BCUT2D eigenvalue weighted by atomic mass is 16.5. The number of ether oxygens (including phenoxy) is 2. The lowest BCUT2D eigenvalue weighted by Gasteiger charge is -1.97. The summed E-state index contributed by atoms with van der Waals surface area (Å²) >= 11 is 0. The first-order valence-corrected chi connectivity index (χ1v) is 3.31. The van der Waals surface area contributed by atoms with Crippen molar-refractivity contribution in [2.75, 3.05) is 27.4 Å². The molecule has 0 atom stereocenters. The van der Waals surface area contributed by atoms with Crippen LogP contribution < -0.4 is 0 Å². The maximum atomic E-state index is 10.7. The third-order valence-corrected chi connectivity index (χ3v) is 1.11. The first-order chi connectivity index (χ1) is 4.81. The molecule has 60 valence electrons. The Kier molecular flexibility index (Phi) is 6.43. The Balaban J connectivity index is 3.05. The Morgan fingerprint density at radius 1 is 1.30 bits per heavy atom. The Hall–Kier alpha value is -0.410. The van der Waals surface area contributed by atoms with Crippen LogP contribution in [-0.2, 0) is 14.3 Å². The second kappa shape index (κ2) is 6.71. The van der Waals surface area contributed by atoms with E-state index in [0.29, 0.717) is 13.0 Å². The molecule has 0 radical (unpaired) electrons. The average molecular weight is 146 g/mol. The largest absolute Gasteiger partial charge is 0.385 e. The van der Waals surface area contributed by atoms with Crippen LogP contribution in [0.2, 0.25) is 0 Å². The molecule has 0 heterocycles. The summed E-state index contributed by atoms with van der Waals surface area (Å²) in [6.45, 7) is 0.874. The third-order valence-electron chi connectivity index (χ3n) is 1.11.